The van der Waals surface area contributed by atoms with Gasteiger partial charge < -0.3 is 10.4 Å². The van der Waals surface area contributed by atoms with Crippen molar-refractivity contribution < 1.29 is 5.11 Å². The highest BCUT2D eigenvalue weighted by molar-refractivity contribution is 5.18. The van der Waals surface area contributed by atoms with E-state index in [1.807, 2.05) is 18.2 Å². The molecule has 0 aliphatic rings. The first-order valence-corrected chi connectivity index (χ1v) is 5.19. The molecule has 1 rings (SSSR count). The Kier molecular flexibility index (Phi) is 4.63. The van der Waals surface area contributed by atoms with Crippen LogP contribution in [0.4, 0.5) is 0 Å². The van der Waals surface area contributed by atoms with Crippen molar-refractivity contribution in [1.82, 2.24) is 5.32 Å². The Hall–Kier alpha value is -0.860. The Morgan fingerprint density at radius 3 is 2.43 bits per heavy atom. The van der Waals surface area contributed by atoms with E-state index in [0.29, 0.717) is 6.04 Å². The summed E-state index contributed by atoms with van der Waals surface area (Å²) in [7, 11) is 0. The first-order valence-electron chi connectivity index (χ1n) is 5.19. The Morgan fingerprint density at radius 1 is 1.29 bits per heavy atom. The van der Waals surface area contributed by atoms with Gasteiger partial charge in [0.05, 0.1) is 6.61 Å². The van der Waals surface area contributed by atoms with E-state index < -0.39 is 0 Å². The lowest BCUT2D eigenvalue weighted by Crippen LogP contribution is -2.33. The van der Waals surface area contributed by atoms with E-state index in [1.54, 1.807) is 0 Å². The second-order valence-electron chi connectivity index (χ2n) is 3.59. The summed E-state index contributed by atoms with van der Waals surface area (Å²) in [5, 5.41) is 12.4. The van der Waals surface area contributed by atoms with Crippen molar-refractivity contribution in [2.24, 2.45) is 0 Å². The van der Waals surface area contributed by atoms with Crippen LogP contribution in [0.1, 0.15) is 31.9 Å². The molecular formula is C12H19NO. The smallest absolute Gasteiger partial charge is 0.0584 e. The summed E-state index contributed by atoms with van der Waals surface area (Å²) >= 11 is 0. The average molecular weight is 193 g/mol. The van der Waals surface area contributed by atoms with E-state index in [4.69, 9.17) is 5.11 Å². The molecule has 0 aromatic heterocycles. The summed E-state index contributed by atoms with van der Waals surface area (Å²) in [6, 6.07) is 10.8. The van der Waals surface area contributed by atoms with Gasteiger partial charge in [-0.2, -0.15) is 0 Å². The van der Waals surface area contributed by atoms with Gasteiger partial charge in [0, 0.05) is 12.1 Å². The van der Waals surface area contributed by atoms with E-state index in [0.717, 1.165) is 6.42 Å². The first-order chi connectivity index (χ1) is 6.77. The van der Waals surface area contributed by atoms with Crippen LogP contribution in [0.15, 0.2) is 30.3 Å². The van der Waals surface area contributed by atoms with Crippen molar-refractivity contribution >= 4 is 0 Å². The van der Waals surface area contributed by atoms with Crippen LogP contribution in [0.3, 0.4) is 0 Å². The summed E-state index contributed by atoms with van der Waals surface area (Å²) in [5.74, 6) is 0. The molecule has 2 atom stereocenters. The highest BCUT2D eigenvalue weighted by Gasteiger charge is 2.09. The van der Waals surface area contributed by atoms with E-state index in [-0.39, 0.29) is 12.6 Å². The quantitative estimate of drug-likeness (QED) is 0.750. The van der Waals surface area contributed by atoms with Crippen molar-refractivity contribution in [2.45, 2.75) is 32.4 Å². The van der Waals surface area contributed by atoms with Crippen LogP contribution in [0.5, 0.6) is 0 Å². The molecule has 1 aromatic rings. The van der Waals surface area contributed by atoms with E-state index in [9.17, 15) is 0 Å². The van der Waals surface area contributed by atoms with Gasteiger partial charge in [-0.3, -0.25) is 0 Å². The van der Waals surface area contributed by atoms with Crippen molar-refractivity contribution in [3.63, 3.8) is 0 Å². The standard InChI is InChI=1S/C12H19NO/c1-3-12(9-14)13-10(2)11-7-5-4-6-8-11/h4-8,10,12-14H,3,9H2,1-2H3/t10-,12-/m0/s1. The summed E-state index contributed by atoms with van der Waals surface area (Å²) in [6.45, 7) is 4.40. The lowest BCUT2D eigenvalue weighted by atomic mass is 10.1. The third-order valence-corrected chi connectivity index (χ3v) is 2.50. The molecule has 0 heterocycles. The molecule has 0 fully saturated rings. The zero-order chi connectivity index (χ0) is 10.4. The molecular weight excluding hydrogens is 174 g/mol. The topological polar surface area (TPSA) is 32.3 Å². The zero-order valence-electron chi connectivity index (χ0n) is 8.90. The Morgan fingerprint density at radius 2 is 1.93 bits per heavy atom. The molecule has 0 spiro atoms. The average Bonchev–Trinajstić information content (AvgIpc) is 2.26. The largest absolute Gasteiger partial charge is 0.395 e. The molecule has 0 aliphatic carbocycles. The third-order valence-electron chi connectivity index (χ3n) is 2.50. The maximum atomic E-state index is 9.06. The minimum absolute atomic E-state index is 0.199. The van der Waals surface area contributed by atoms with Gasteiger partial charge in [-0.1, -0.05) is 37.3 Å². The van der Waals surface area contributed by atoms with Crippen LogP contribution in [0.25, 0.3) is 0 Å². The molecule has 0 saturated heterocycles. The van der Waals surface area contributed by atoms with Gasteiger partial charge >= 0.3 is 0 Å². The van der Waals surface area contributed by atoms with Crippen molar-refractivity contribution in [3.8, 4) is 0 Å². The summed E-state index contributed by atoms with van der Waals surface area (Å²) in [5.41, 5.74) is 1.26. The number of benzene rings is 1. The second-order valence-corrected chi connectivity index (χ2v) is 3.59. The second kappa shape index (κ2) is 5.78. The minimum atomic E-state index is 0.199. The maximum absolute atomic E-state index is 9.06. The highest BCUT2D eigenvalue weighted by Crippen LogP contribution is 2.12. The van der Waals surface area contributed by atoms with Gasteiger partial charge in [-0.05, 0) is 18.9 Å². The van der Waals surface area contributed by atoms with Crippen molar-refractivity contribution in [1.29, 1.82) is 0 Å². The Bertz CT molecular complexity index is 244. The molecule has 0 amide bonds. The Labute approximate surface area is 86.0 Å². The normalized spacial score (nSPS) is 15.1. The molecule has 0 saturated carbocycles. The van der Waals surface area contributed by atoms with Gasteiger partial charge in [0.1, 0.15) is 0 Å². The fourth-order valence-corrected chi connectivity index (χ4v) is 1.49. The third kappa shape index (κ3) is 3.13. The van der Waals surface area contributed by atoms with Crippen molar-refractivity contribution in [3.05, 3.63) is 35.9 Å². The fraction of sp³-hybridized carbons (Fsp3) is 0.500. The van der Waals surface area contributed by atoms with Gasteiger partial charge in [-0.15, -0.1) is 0 Å². The summed E-state index contributed by atoms with van der Waals surface area (Å²) in [6.07, 6.45) is 0.952. The van der Waals surface area contributed by atoms with Crippen molar-refractivity contribution in [2.75, 3.05) is 6.61 Å². The zero-order valence-corrected chi connectivity index (χ0v) is 8.90. The lowest BCUT2D eigenvalue weighted by molar-refractivity contribution is 0.230. The summed E-state index contributed by atoms with van der Waals surface area (Å²) < 4.78 is 0. The molecule has 0 unspecified atom stereocenters. The number of aliphatic hydroxyl groups is 1. The number of hydrogen-bond acceptors (Lipinski definition) is 2. The predicted octanol–water partition coefficient (Wildman–Crippen LogP) is 2.11. The maximum Gasteiger partial charge on any atom is 0.0584 e. The van der Waals surface area contributed by atoms with Gasteiger partial charge in [0.15, 0.2) is 0 Å². The minimum Gasteiger partial charge on any atom is -0.395 e. The lowest BCUT2D eigenvalue weighted by Gasteiger charge is -2.20. The highest BCUT2D eigenvalue weighted by atomic mass is 16.3. The molecule has 2 heteroatoms. The van der Waals surface area contributed by atoms with Crippen LogP contribution in [-0.4, -0.2) is 17.8 Å². The molecule has 1 aromatic carbocycles. The van der Waals surface area contributed by atoms with Crippen LogP contribution < -0.4 is 5.32 Å². The van der Waals surface area contributed by atoms with E-state index >= 15 is 0 Å². The van der Waals surface area contributed by atoms with E-state index in [2.05, 4.69) is 31.3 Å². The number of hydrogen-bond donors (Lipinski definition) is 2. The SMILES string of the molecule is CC[C@@H](CO)N[C@@H](C)c1ccccc1. The molecule has 14 heavy (non-hydrogen) atoms. The molecule has 0 radical (unpaired) electrons. The Balaban J connectivity index is 2.54. The molecule has 0 aliphatic heterocycles. The van der Waals surface area contributed by atoms with Crippen LogP contribution in [0.2, 0.25) is 0 Å². The predicted molar refractivity (Wildman–Crippen MR) is 59.2 cm³/mol. The van der Waals surface area contributed by atoms with Gasteiger partial charge in [0.2, 0.25) is 0 Å². The van der Waals surface area contributed by atoms with Gasteiger partial charge in [0.25, 0.3) is 0 Å². The van der Waals surface area contributed by atoms with Crippen LogP contribution in [0, 0.1) is 0 Å². The number of rotatable bonds is 5. The number of nitrogens with one attached hydrogen (secondary N) is 1. The number of aliphatic hydroxyl groups excluding tert-OH is 1. The molecule has 2 N–H and O–H groups in total. The van der Waals surface area contributed by atoms with Gasteiger partial charge in [-0.25, -0.2) is 0 Å². The monoisotopic (exact) mass is 193 g/mol. The van der Waals surface area contributed by atoms with E-state index in [1.165, 1.54) is 5.56 Å². The van der Waals surface area contributed by atoms with Crippen LogP contribution in [-0.2, 0) is 0 Å². The summed E-state index contributed by atoms with van der Waals surface area (Å²) in [4.78, 5) is 0. The fourth-order valence-electron chi connectivity index (χ4n) is 1.49. The van der Waals surface area contributed by atoms with Crippen LogP contribution >= 0.6 is 0 Å². The molecule has 78 valence electrons. The first kappa shape index (κ1) is 11.2. The molecule has 2 nitrogen and oxygen atoms in total. The molecule has 0 bridgehead atoms.